The van der Waals surface area contributed by atoms with Crippen molar-refractivity contribution in [3.05, 3.63) is 129 Å². The number of carbonyl (C=O) groups is 1. The summed E-state index contributed by atoms with van der Waals surface area (Å²) in [5.74, 6) is 0.702. The van der Waals surface area contributed by atoms with Crippen molar-refractivity contribution in [3.63, 3.8) is 0 Å². The first-order valence-electron chi connectivity index (χ1n) is 13.5. The topological polar surface area (TPSA) is 70.4 Å². The highest BCUT2D eigenvalue weighted by Crippen LogP contribution is 2.43. The molecule has 204 valence electrons. The van der Waals surface area contributed by atoms with Crippen LogP contribution in [0.5, 0.6) is 0 Å². The number of amides is 1. The number of fused-ring (bicyclic) bond motifs is 1. The predicted octanol–water partition coefficient (Wildman–Crippen LogP) is 6.65. The summed E-state index contributed by atoms with van der Waals surface area (Å²) >= 11 is 12.6. The second-order valence-corrected chi connectivity index (χ2v) is 11.3. The van der Waals surface area contributed by atoms with Crippen LogP contribution in [-0.4, -0.2) is 38.8 Å². The molecule has 40 heavy (non-hydrogen) atoms. The van der Waals surface area contributed by atoms with Crippen LogP contribution in [0.2, 0.25) is 10.0 Å². The molecule has 4 aromatic rings. The molecule has 6 nitrogen and oxygen atoms in total. The van der Waals surface area contributed by atoms with Gasteiger partial charge in [0.2, 0.25) is 0 Å². The molecule has 0 radical (unpaired) electrons. The number of hydrogen-bond acceptors (Lipinski definition) is 4. The summed E-state index contributed by atoms with van der Waals surface area (Å²) in [4.78, 5) is 16.1. The first kappa shape index (κ1) is 26.6. The molecule has 8 heteroatoms. The number of anilines is 1. The first-order valence-corrected chi connectivity index (χ1v) is 14.2. The zero-order chi connectivity index (χ0) is 27.9. The Hall–Kier alpha value is -3.58. The van der Waals surface area contributed by atoms with Gasteiger partial charge in [-0.1, -0.05) is 89.9 Å². The average Bonchev–Trinajstić information content (AvgIpc) is 3.46. The third-order valence-corrected chi connectivity index (χ3v) is 8.94. The summed E-state index contributed by atoms with van der Waals surface area (Å²) in [6.07, 6.45) is 3.04. The fourth-order valence-corrected chi connectivity index (χ4v) is 6.47. The molecule has 1 amide bonds. The van der Waals surface area contributed by atoms with Gasteiger partial charge in [-0.3, -0.25) is 4.79 Å². The average molecular weight is 574 g/mol. The summed E-state index contributed by atoms with van der Waals surface area (Å²) in [6.45, 7) is 2.98. The summed E-state index contributed by atoms with van der Waals surface area (Å²) in [5, 5.41) is 21.0. The number of allylic oxidation sites excluding steroid dienone is 1. The SMILES string of the molecule is CC1=C(C(=O)N2CCC(C(O)(c3ccccc3)c3ccccc3)CC2)C(c2ccc(Cl)c(Cl)c2)n2nccc2N1. The van der Waals surface area contributed by atoms with Crippen molar-refractivity contribution in [3.8, 4) is 0 Å². The van der Waals surface area contributed by atoms with Gasteiger partial charge in [0.05, 0.1) is 21.8 Å². The van der Waals surface area contributed by atoms with Gasteiger partial charge in [0, 0.05) is 24.9 Å². The van der Waals surface area contributed by atoms with Crippen LogP contribution in [0.4, 0.5) is 5.82 Å². The minimum atomic E-state index is -1.15. The number of nitrogens with zero attached hydrogens (tertiary/aromatic N) is 3. The van der Waals surface area contributed by atoms with E-state index >= 15 is 0 Å². The van der Waals surface area contributed by atoms with E-state index in [0.717, 1.165) is 28.2 Å². The number of aromatic nitrogens is 2. The molecule has 0 saturated carbocycles. The normalized spacial score (nSPS) is 17.9. The van der Waals surface area contributed by atoms with E-state index < -0.39 is 11.6 Å². The molecule has 2 N–H and O–H groups in total. The highest BCUT2D eigenvalue weighted by molar-refractivity contribution is 6.42. The summed E-state index contributed by atoms with van der Waals surface area (Å²) in [6, 6.07) is 26.6. The van der Waals surface area contributed by atoms with Crippen LogP contribution in [0, 0.1) is 5.92 Å². The fourth-order valence-electron chi connectivity index (χ4n) is 6.17. The molecular weight excluding hydrogens is 543 g/mol. The van der Waals surface area contributed by atoms with E-state index in [1.54, 1.807) is 18.3 Å². The third kappa shape index (κ3) is 4.60. The number of halogens is 2. The molecule has 6 rings (SSSR count). The Bertz CT molecular complexity index is 1520. The Labute approximate surface area is 243 Å². The van der Waals surface area contributed by atoms with Gasteiger partial charge in [-0.2, -0.15) is 5.10 Å². The van der Waals surface area contributed by atoms with E-state index in [2.05, 4.69) is 10.4 Å². The maximum atomic E-state index is 14.2. The molecule has 0 aliphatic carbocycles. The highest BCUT2D eigenvalue weighted by atomic mass is 35.5. The van der Waals surface area contributed by atoms with Crippen molar-refractivity contribution in [2.75, 3.05) is 18.4 Å². The minimum absolute atomic E-state index is 0.0514. The predicted molar refractivity (Wildman–Crippen MR) is 158 cm³/mol. The molecule has 3 aromatic carbocycles. The Morgan fingerprint density at radius 1 is 0.925 bits per heavy atom. The minimum Gasteiger partial charge on any atom is -0.380 e. The molecule has 1 saturated heterocycles. The van der Waals surface area contributed by atoms with E-state index in [-0.39, 0.29) is 11.8 Å². The first-order chi connectivity index (χ1) is 19.4. The molecule has 1 aromatic heterocycles. The summed E-state index contributed by atoms with van der Waals surface area (Å²) < 4.78 is 1.82. The molecule has 0 bridgehead atoms. The number of aliphatic hydroxyl groups is 1. The van der Waals surface area contributed by atoms with Gasteiger partial charge in [0.25, 0.3) is 5.91 Å². The second kappa shape index (κ2) is 10.8. The third-order valence-electron chi connectivity index (χ3n) is 8.20. The van der Waals surface area contributed by atoms with Crippen molar-refractivity contribution in [2.24, 2.45) is 5.92 Å². The van der Waals surface area contributed by atoms with Crippen LogP contribution in [0.3, 0.4) is 0 Å². The number of piperidine rings is 1. The van der Waals surface area contributed by atoms with Crippen molar-refractivity contribution in [1.29, 1.82) is 0 Å². The molecule has 0 spiro atoms. The lowest BCUT2D eigenvalue weighted by molar-refractivity contribution is -0.130. The molecule has 2 aliphatic rings. The highest BCUT2D eigenvalue weighted by Gasteiger charge is 2.43. The monoisotopic (exact) mass is 572 g/mol. The van der Waals surface area contributed by atoms with Crippen molar-refractivity contribution in [2.45, 2.75) is 31.4 Å². The standard InChI is InChI=1S/C32H30Cl2N4O2/c1-21-29(30(38-28(36-21)14-17-35-38)22-12-13-26(33)27(34)20-22)31(39)37-18-15-25(16-19-37)32(40,23-8-4-2-5-9-23)24-10-6-3-7-11-24/h2-14,17,20,25,30,36,40H,15-16,18-19H2,1H3. The molecule has 1 atom stereocenters. The maximum Gasteiger partial charge on any atom is 0.254 e. The van der Waals surface area contributed by atoms with Gasteiger partial charge >= 0.3 is 0 Å². The maximum absolute atomic E-state index is 14.2. The Morgan fingerprint density at radius 2 is 1.55 bits per heavy atom. The van der Waals surface area contributed by atoms with Crippen LogP contribution < -0.4 is 5.32 Å². The van der Waals surface area contributed by atoms with Gasteiger partial charge < -0.3 is 15.3 Å². The van der Waals surface area contributed by atoms with E-state index in [1.807, 2.05) is 89.3 Å². The summed E-state index contributed by atoms with van der Waals surface area (Å²) in [7, 11) is 0. The van der Waals surface area contributed by atoms with Gasteiger partial charge in [-0.05, 0) is 54.5 Å². The van der Waals surface area contributed by atoms with Crippen LogP contribution >= 0.6 is 23.2 Å². The molecule has 3 heterocycles. The number of rotatable bonds is 5. The van der Waals surface area contributed by atoms with Crippen LogP contribution in [0.15, 0.2) is 102 Å². The molecule has 2 aliphatic heterocycles. The molecule has 1 fully saturated rings. The van der Waals surface area contributed by atoms with Gasteiger partial charge in [-0.15, -0.1) is 0 Å². The lowest BCUT2D eigenvalue weighted by Crippen LogP contribution is -2.47. The van der Waals surface area contributed by atoms with Crippen molar-refractivity contribution < 1.29 is 9.90 Å². The van der Waals surface area contributed by atoms with Gasteiger partial charge in [0.1, 0.15) is 17.5 Å². The van der Waals surface area contributed by atoms with E-state index in [4.69, 9.17) is 23.2 Å². The lowest BCUT2D eigenvalue weighted by atomic mass is 9.72. The number of hydrogen-bond donors (Lipinski definition) is 2. The van der Waals surface area contributed by atoms with Crippen LogP contribution in [0.25, 0.3) is 0 Å². The zero-order valence-electron chi connectivity index (χ0n) is 22.1. The molecule has 1 unspecified atom stereocenters. The zero-order valence-corrected chi connectivity index (χ0v) is 23.6. The number of likely N-dealkylation sites (tertiary alicyclic amines) is 1. The second-order valence-electron chi connectivity index (χ2n) is 10.5. The smallest absolute Gasteiger partial charge is 0.254 e. The van der Waals surface area contributed by atoms with Gasteiger partial charge in [0.15, 0.2) is 0 Å². The lowest BCUT2D eigenvalue weighted by Gasteiger charge is -2.43. The van der Waals surface area contributed by atoms with Crippen LogP contribution in [0.1, 0.15) is 42.5 Å². The number of benzene rings is 3. The van der Waals surface area contributed by atoms with E-state index in [0.29, 0.717) is 41.5 Å². The number of carbonyl (C=O) groups excluding carboxylic acids is 1. The largest absolute Gasteiger partial charge is 0.380 e. The van der Waals surface area contributed by atoms with Crippen molar-refractivity contribution >= 4 is 34.9 Å². The quantitative estimate of drug-likeness (QED) is 0.281. The van der Waals surface area contributed by atoms with Crippen molar-refractivity contribution in [1.82, 2.24) is 14.7 Å². The van der Waals surface area contributed by atoms with Crippen LogP contribution in [-0.2, 0) is 10.4 Å². The summed E-state index contributed by atoms with van der Waals surface area (Å²) in [5.41, 5.74) is 2.82. The molecular formula is C32H30Cl2N4O2. The Kier molecular flexibility index (Phi) is 7.17. The Balaban J connectivity index is 1.29. The van der Waals surface area contributed by atoms with E-state index in [9.17, 15) is 9.90 Å². The fraction of sp³-hybridized carbons (Fsp3) is 0.250. The Morgan fingerprint density at radius 3 is 2.15 bits per heavy atom. The van der Waals surface area contributed by atoms with Gasteiger partial charge in [-0.25, -0.2) is 4.68 Å². The van der Waals surface area contributed by atoms with E-state index in [1.165, 1.54) is 0 Å². The number of nitrogens with one attached hydrogen (secondary N) is 1.